The Labute approximate surface area is 178 Å². The smallest absolute Gasteiger partial charge is 0.323 e. The highest BCUT2D eigenvalue weighted by molar-refractivity contribution is 5.82. The van der Waals surface area contributed by atoms with Gasteiger partial charge in [-0.05, 0) is 42.5 Å². The molecule has 2 heterocycles. The third-order valence-corrected chi connectivity index (χ3v) is 6.04. The van der Waals surface area contributed by atoms with E-state index in [9.17, 15) is 9.59 Å². The number of nitrogens with zero attached hydrogens (tertiary/aromatic N) is 3. The number of fused-ring (bicyclic) bond motifs is 1. The van der Waals surface area contributed by atoms with Gasteiger partial charge in [-0.15, -0.1) is 5.10 Å². The van der Waals surface area contributed by atoms with E-state index in [2.05, 4.69) is 49.9 Å². The number of imidazole rings is 1. The van der Waals surface area contributed by atoms with Crippen molar-refractivity contribution in [2.24, 2.45) is 0 Å². The van der Waals surface area contributed by atoms with E-state index in [1.165, 1.54) is 0 Å². The van der Waals surface area contributed by atoms with E-state index in [1.54, 1.807) is 6.20 Å². The summed E-state index contributed by atoms with van der Waals surface area (Å²) in [5.74, 6) is 0.0990. The second-order valence-electron chi connectivity index (χ2n) is 8.07. The first-order valence-electron chi connectivity index (χ1n) is 10.6. The van der Waals surface area contributed by atoms with Gasteiger partial charge in [0.15, 0.2) is 0 Å². The van der Waals surface area contributed by atoms with Gasteiger partial charge in [0, 0.05) is 18.0 Å². The fourth-order valence-corrected chi connectivity index (χ4v) is 4.41. The highest BCUT2D eigenvalue weighted by atomic mass is 16.1. The molecule has 2 aromatic heterocycles. The Balaban J connectivity index is 1.36. The Kier molecular flexibility index (Phi) is 4.89. The maximum atomic E-state index is 11.7. The van der Waals surface area contributed by atoms with Gasteiger partial charge < -0.3 is 15.3 Å². The van der Waals surface area contributed by atoms with Crippen LogP contribution in [0.1, 0.15) is 38.6 Å². The molecule has 0 radical (unpaired) electrons. The first kappa shape index (κ1) is 19.3. The normalized spacial score (nSPS) is 18.5. The minimum atomic E-state index is -0.202. The van der Waals surface area contributed by atoms with E-state index < -0.39 is 0 Å². The molecule has 0 spiro atoms. The van der Waals surface area contributed by atoms with E-state index in [4.69, 9.17) is 0 Å². The number of carbonyl (C=O) groups excluding carboxylic acids is 1. The van der Waals surface area contributed by atoms with Crippen LogP contribution in [0.15, 0.2) is 53.5 Å². The molecule has 2 atom stereocenters. The van der Waals surface area contributed by atoms with Gasteiger partial charge in [0.25, 0.3) is 0 Å². The summed E-state index contributed by atoms with van der Waals surface area (Å²) in [7, 11) is 0. The summed E-state index contributed by atoms with van der Waals surface area (Å²) in [4.78, 5) is 28.8. The van der Waals surface area contributed by atoms with Crippen LogP contribution in [-0.2, 0) is 4.79 Å². The minimum Gasteiger partial charge on any atom is -0.353 e. The molecular weight excluding hydrogens is 392 g/mol. The monoisotopic (exact) mass is 416 g/mol. The first-order chi connectivity index (χ1) is 15.1. The molecule has 0 saturated heterocycles. The summed E-state index contributed by atoms with van der Waals surface area (Å²) in [6.45, 7) is 1.87. The number of hydrogen-bond donors (Lipinski definition) is 3. The molecular formula is C23H24N6O2. The Hall–Kier alpha value is -3.68. The number of aromatic amines is 2. The predicted octanol–water partition coefficient (Wildman–Crippen LogP) is 3.40. The second-order valence-corrected chi connectivity index (χ2v) is 8.07. The van der Waals surface area contributed by atoms with E-state index in [0.29, 0.717) is 6.42 Å². The number of carbonyl (C=O) groups is 1. The van der Waals surface area contributed by atoms with E-state index in [-0.39, 0.29) is 23.7 Å². The average molecular weight is 416 g/mol. The van der Waals surface area contributed by atoms with Crippen LogP contribution < -0.4 is 11.0 Å². The van der Waals surface area contributed by atoms with Gasteiger partial charge in [0.1, 0.15) is 0 Å². The molecule has 31 heavy (non-hydrogen) atoms. The maximum Gasteiger partial charge on any atom is 0.323 e. The van der Waals surface area contributed by atoms with Crippen molar-refractivity contribution < 1.29 is 4.79 Å². The van der Waals surface area contributed by atoms with Crippen LogP contribution in [0.3, 0.4) is 0 Å². The average Bonchev–Trinajstić information content (AvgIpc) is 3.51. The topological polar surface area (TPSA) is 108 Å². The van der Waals surface area contributed by atoms with Gasteiger partial charge in [-0.2, -0.15) is 0 Å². The molecule has 8 heteroatoms. The Morgan fingerprint density at radius 3 is 2.61 bits per heavy atom. The van der Waals surface area contributed by atoms with Crippen molar-refractivity contribution in [3.05, 3.63) is 59.1 Å². The van der Waals surface area contributed by atoms with Crippen molar-refractivity contribution in [3.8, 4) is 22.4 Å². The zero-order chi connectivity index (χ0) is 21.4. The molecule has 0 bridgehead atoms. The number of nitrogens with one attached hydrogen (secondary N) is 3. The molecule has 1 fully saturated rings. The van der Waals surface area contributed by atoms with Gasteiger partial charge >= 0.3 is 5.69 Å². The maximum absolute atomic E-state index is 11.7. The third-order valence-electron chi connectivity index (χ3n) is 6.04. The van der Waals surface area contributed by atoms with Crippen molar-refractivity contribution in [2.75, 3.05) is 0 Å². The number of H-pyrrole nitrogens is 2. The van der Waals surface area contributed by atoms with Crippen molar-refractivity contribution in [1.82, 2.24) is 30.3 Å². The van der Waals surface area contributed by atoms with Crippen molar-refractivity contribution >= 4 is 16.9 Å². The predicted molar refractivity (Wildman–Crippen MR) is 118 cm³/mol. The molecule has 2 unspecified atom stereocenters. The van der Waals surface area contributed by atoms with E-state index in [0.717, 1.165) is 52.7 Å². The van der Waals surface area contributed by atoms with Crippen LogP contribution >= 0.6 is 0 Å². The minimum absolute atomic E-state index is 0.0990. The van der Waals surface area contributed by atoms with Crippen LogP contribution in [-0.4, -0.2) is 36.9 Å². The lowest BCUT2D eigenvalue weighted by Gasteiger charge is -2.15. The number of hydrogen-bond acceptors (Lipinski definition) is 4. The highest BCUT2D eigenvalue weighted by Crippen LogP contribution is 2.33. The number of rotatable bonds is 5. The van der Waals surface area contributed by atoms with Gasteiger partial charge in [-0.3, -0.25) is 4.79 Å². The van der Waals surface area contributed by atoms with Crippen LogP contribution in [0.2, 0.25) is 0 Å². The van der Waals surface area contributed by atoms with Crippen LogP contribution in [0.25, 0.3) is 33.4 Å². The Bertz CT molecular complexity index is 1280. The molecule has 3 N–H and O–H groups in total. The molecule has 5 rings (SSSR count). The lowest BCUT2D eigenvalue weighted by Crippen LogP contribution is -2.32. The van der Waals surface area contributed by atoms with Crippen molar-refractivity contribution in [2.45, 2.75) is 44.7 Å². The summed E-state index contributed by atoms with van der Waals surface area (Å²) < 4.78 is 1.99. The summed E-state index contributed by atoms with van der Waals surface area (Å²) in [6, 6.07) is 14.6. The molecule has 1 aliphatic rings. The fourth-order valence-electron chi connectivity index (χ4n) is 4.41. The fraction of sp³-hybridized carbons (Fsp3) is 0.304. The molecule has 1 amide bonds. The first-order valence-corrected chi connectivity index (χ1v) is 10.6. The summed E-state index contributed by atoms with van der Waals surface area (Å²) in [6.07, 6.45) is 5.10. The highest BCUT2D eigenvalue weighted by Gasteiger charge is 2.29. The van der Waals surface area contributed by atoms with Crippen LogP contribution in [0.4, 0.5) is 0 Å². The van der Waals surface area contributed by atoms with Crippen LogP contribution in [0.5, 0.6) is 0 Å². The molecule has 1 aliphatic carbocycles. The SMILES string of the molecule is CCC(=O)NC1CCC(n2nncc2-c2ccc(-c3ccc4[nH]c(=O)[nH]c4c3)cc2)C1. The number of benzene rings is 2. The second kappa shape index (κ2) is 7.86. The Morgan fingerprint density at radius 1 is 1.06 bits per heavy atom. The lowest BCUT2D eigenvalue weighted by atomic mass is 10.0. The molecule has 2 aromatic carbocycles. The molecule has 8 nitrogen and oxygen atoms in total. The van der Waals surface area contributed by atoms with Gasteiger partial charge in [0.2, 0.25) is 5.91 Å². The van der Waals surface area contributed by atoms with Crippen LogP contribution in [0, 0.1) is 0 Å². The lowest BCUT2D eigenvalue weighted by molar-refractivity contribution is -0.121. The largest absolute Gasteiger partial charge is 0.353 e. The molecule has 158 valence electrons. The van der Waals surface area contributed by atoms with Gasteiger partial charge in [-0.1, -0.05) is 42.5 Å². The van der Waals surface area contributed by atoms with Crippen molar-refractivity contribution in [3.63, 3.8) is 0 Å². The quantitative estimate of drug-likeness (QED) is 0.463. The van der Waals surface area contributed by atoms with Crippen molar-refractivity contribution in [1.29, 1.82) is 0 Å². The van der Waals surface area contributed by atoms with E-state index >= 15 is 0 Å². The third kappa shape index (κ3) is 3.76. The summed E-state index contributed by atoms with van der Waals surface area (Å²) >= 11 is 0. The Morgan fingerprint density at radius 2 is 1.81 bits per heavy atom. The van der Waals surface area contributed by atoms with E-state index in [1.807, 2.05) is 29.8 Å². The van der Waals surface area contributed by atoms with Gasteiger partial charge in [-0.25, -0.2) is 9.48 Å². The molecule has 1 saturated carbocycles. The molecule has 4 aromatic rings. The number of amides is 1. The zero-order valence-corrected chi connectivity index (χ0v) is 17.3. The molecule has 0 aliphatic heterocycles. The number of aromatic nitrogens is 5. The summed E-state index contributed by atoms with van der Waals surface area (Å²) in [5, 5.41) is 11.6. The standard InChI is InChI=1S/C23H24N6O2/c1-2-22(30)25-17-8-9-18(12-17)29-21(13-24-28-29)15-5-3-14(4-6-15)16-7-10-19-20(11-16)27-23(31)26-19/h3-7,10-11,13,17-18H,2,8-9,12H2,1H3,(H,25,30)(H2,26,27,31). The van der Waals surface area contributed by atoms with Gasteiger partial charge in [0.05, 0.1) is 29.0 Å². The zero-order valence-electron chi connectivity index (χ0n) is 17.3. The summed E-state index contributed by atoms with van der Waals surface area (Å²) in [5.41, 5.74) is 5.51.